The van der Waals surface area contributed by atoms with E-state index in [-0.39, 0.29) is 23.6 Å². The van der Waals surface area contributed by atoms with Crippen molar-refractivity contribution in [3.05, 3.63) is 28.2 Å². The number of nitrogens with zero attached hydrogens (tertiary/aromatic N) is 1. The van der Waals surface area contributed by atoms with E-state index in [9.17, 15) is 14.4 Å². The maximum atomic E-state index is 12.9. The number of ketones is 1. The average Bonchev–Trinajstić information content (AvgIpc) is 3.05. The molecule has 2 rings (SSSR count). The second-order valence-corrected chi connectivity index (χ2v) is 8.52. The van der Waals surface area contributed by atoms with Crippen molar-refractivity contribution in [1.82, 2.24) is 10.2 Å². The Labute approximate surface area is 182 Å². The molecule has 29 heavy (non-hydrogen) atoms. The lowest BCUT2D eigenvalue weighted by Gasteiger charge is -2.23. The Bertz CT molecular complexity index is 722. The van der Waals surface area contributed by atoms with Gasteiger partial charge in [0.25, 0.3) is 0 Å². The fraction of sp³-hybridized carbons (Fsp3) is 0.571. The van der Waals surface area contributed by atoms with Gasteiger partial charge in [-0.1, -0.05) is 36.0 Å². The number of carbonyl (C=O) groups excluding carboxylic acids is 3. The van der Waals surface area contributed by atoms with Gasteiger partial charge in [0.1, 0.15) is 11.8 Å². The van der Waals surface area contributed by atoms with Crippen molar-refractivity contribution >= 4 is 46.5 Å². The van der Waals surface area contributed by atoms with E-state index in [0.717, 1.165) is 38.6 Å². The Morgan fingerprint density at radius 2 is 1.83 bits per heavy atom. The van der Waals surface area contributed by atoms with Crippen molar-refractivity contribution < 1.29 is 14.4 Å². The van der Waals surface area contributed by atoms with Crippen molar-refractivity contribution in [1.29, 1.82) is 0 Å². The lowest BCUT2D eigenvalue weighted by atomic mass is 10.0. The van der Waals surface area contributed by atoms with Gasteiger partial charge in [-0.3, -0.25) is 14.5 Å². The Hall–Kier alpha value is -1.63. The maximum Gasteiger partial charge on any atom is 0.246 e. The molecule has 6 nitrogen and oxygen atoms in total. The zero-order valence-electron chi connectivity index (χ0n) is 17.0. The van der Waals surface area contributed by atoms with Crippen LogP contribution in [0.5, 0.6) is 0 Å². The van der Waals surface area contributed by atoms with Crippen LogP contribution in [0.25, 0.3) is 0 Å². The minimum atomic E-state index is -0.661. The van der Waals surface area contributed by atoms with Gasteiger partial charge in [-0.25, -0.2) is 0 Å². The summed E-state index contributed by atoms with van der Waals surface area (Å²) in [4.78, 5) is 38.6. The fourth-order valence-corrected chi connectivity index (χ4v) is 4.06. The number of carbonyl (C=O) groups is 3. The number of hydrogen-bond acceptors (Lipinski definition) is 4. The van der Waals surface area contributed by atoms with Gasteiger partial charge in [-0.2, -0.15) is 0 Å². The van der Waals surface area contributed by atoms with Crippen LogP contribution in [0.3, 0.4) is 0 Å². The summed E-state index contributed by atoms with van der Waals surface area (Å²) in [6, 6.07) is 3.95. The topological polar surface area (TPSA) is 78.5 Å². The highest BCUT2D eigenvalue weighted by Gasteiger charge is 2.30. The minimum absolute atomic E-state index is 0.127. The number of anilines is 1. The molecule has 1 aliphatic heterocycles. The van der Waals surface area contributed by atoms with E-state index < -0.39 is 6.04 Å². The van der Waals surface area contributed by atoms with Crippen LogP contribution in [0.1, 0.15) is 51.9 Å². The molecular weight excluding hydrogens is 413 g/mol. The molecule has 1 aromatic carbocycles. The molecule has 2 N–H and O–H groups in total. The summed E-state index contributed by atoms with van der Waals surface area (Å²) in [6.07, 6.45) is 5.15. The molecule has 2 atom stereocenters. The molecule has 8 heteroatoms. The Kier molecular flexibility index (Phi) is 9.40. The first-order chi connectivity index (χ1) is 13.8. The van der Waals surface area contributed by atoms with Gasteiger partial charge in [0.2, 0.25) is 11.8 Å². The number of amides is 2. The first kappa shape index (κ1) is 23.6. The van der Waals surface area contributed by atoms with Crippen molar-refractivity contribution in [2.75, 3.05) is 18.9 Å². The highest BCUT2D eigenvalue weighted by atomic mass is 35.5. The number of benzene rings is 1. The molecule has 1 heterocycles. The van der Waals surface area contributed by atoms with Gasteiger partial charge < -0.3 is 15.4 Å². The molecule has 0 bridgehead atoms. The number of hydrogen-bond donors (Lipinski definition) is 2. The fourth-order valence-electron chi connectivity index (χ4n) is 3.53. The molecule has 1 saturated heterocycles. The maximum absolute atomic E-state index is 12.9. The highest BCUT2D eigenvalue weighted by molar-refractivity contribution is 6.35. The first-order valence-corrected chi connectivity index (χ1v) is 10.8. The van der Waals surface area contributed by atoms with E-state index in [1.807, 2.05) is 11.9 Å². The lowest BCUT2D eigenvalue weighted by Crippen LogP contribution is -2.50. The van der Waals surface area contributed by atoms with Crippen LogP contribution in [0.4, 0.5) is 5.69 Å². The zero-order chi connectivity index (χ0) is 21.4. The molecule has 0 aliphatic carbocycles. The minimum Gasteiger partial charge on any atom is -0.343 e. The van der Waals surface area contributed by atoms with E-state index in [1.54, 1.807) is 25.1 Å². The third kappa shape index (κ3) is 7.96. The summed E-state index contributed by atoms with van der Waals surface area (Å²) >= 11 is 12.0. The van der Waals surface area contributed by atoms with Crippen LogP contribution in [-0.2, 0) is 14.4 Å². The highest BCUT2D eigenvalue weighted by Crippen LogP contribution is 2.23. The predicted octanol–water partition coefficient (Wildman–Crippen LogP) is 4.05. The lowest BCUT2D eigenvalue weighted by molar-refractivity contribution is -0.129. The van der Waals surface area contributed by atoms with Crippen molar-refractivity contribution in [3.63, 3.8) is 0 Å². The van der Waals surface area contributed by atoms with Gasteiger partial charge >= 0.3 is 0 Å². The molecule has 1 aliphatic rings. The van der Waals surface area contributed by atoms with E-state index in [0.29, 0.717) is 28.6 Å². The molecule has 1 unspecified atom stereocenters. The Morgan fingerprint density at radius 1 is 1.14 bits per heavy atom. The number of nitrogens with one attached hydrogen (secondary N) is 2. The number of rotatable bonds is 10. The monoisotopic (exact) mass is 441 g/mol. The summed E-state index contributed by atoms with van der Waals surface area (Å²) in [6.45, 7) is 2.45. The summed E-state index contributed by atoms with van der Waals surface area (Å²) in [7, 11) is 1.92. The molecular formula is C21H29Cl2N3O3. The second-order valence-electron chi connectivity index (χ2n) is 7.65. The van der Waals surface area contributed by atoms with E-state index in [1.165, 1.54) is 0 Å². The summed E-state index contributed by atoms with van der Waals surface area (Å²) in [5.74, 6) is -0.267. The zero-order valence-corrected chi connectivity index (χ0v) is 18.5. The standard InChI is InChI=1S/C21H29Cl2N3O3/c1-14(27)7-4-3-5-8-18(25-21(29)19-9-6-10-26(19)2)20(28)24-17-12-15(22)11-16(23)13-17/h11-13,18-19H,3-10H2,1-2H3,(H,24,28)(H,25,29)/t18-,19?/m0/s1. The van der Waals surface area contributed by atoms with Gasteiger partial charge in [0.05, 0.1) is 6.04 Å². The number of halogens is 2. The van der Waals surface area contributed by atoms with E-state index in [2.05, 4.69) is 10.6 Å². The van der Waals surface area contributed by atoms with Crippen LogP contribution < -0.4 is 10.6 Å². The molecule has 2 amide bonds. The predicted molar refractivity (Wildman–Crippen MR) is 116 cm³/mol. The first-order valence-electron chi connectivity index (χ1n) is 10.0. The van der Waals surface area contributed by atoms with Gasteiger partial charge in [-0.15, -0.1) is 0 Å². The molecule has 1 aromatic rings. The summed E-state index contributed by atoms with van der Waals surface area (Å²) < 4.78 is 0. The molecule has 160 valence electrons. The number of likely N-dealkylation sites (tertiary alicyclic amines) is 1. The Morgan fingerprint density at radius 3 is 2.41 bits per heavy atom. The smallest absolute Gasteiger partial charge is 0.246 e. The molecule has 0 aromatic heterocycles. The Balaban J connectivity index is 2.00. The molecule has 0 spiro atoms. The van der Waals surface area contributed by atoms with Crippen molar-refractivity contribution in [2.45, 2.75) is 64.0 Å². The van der Waals surface area contributed by atoms with Gasteiger partial charge in [0, 0.05) is 22.2 Å². The van der Waals surface area contributed by atoms with E-state index in [4.69, 9.17) is 23.2 Å². The van der Waals surface area contributed by atoms with Gasteiger partial charge in [-0.05, 0) is 64.4 Å². The van der Waals surface area contributed by atoms with Gasteiger partial charge in [0.15, 0.2) is 0 Å². The van der Waals surface area contributed by atoms with Crippen molar-refractivity contribution in [3.8, 4) is 0 Å². The van der Waals surface area contributed by atoms with Crippen molar-refractivity contribution in [2.24, 2.45) is 0 Å². The van der Waals surface area contributed by atoms with Crippen LogP contribution >= 0.6 is 23.2 Å². The molecule has 1 fully saturated rings. The summed E-state index contributed by atoms with van der Waals surface area (Å²) in [5, 5.41) is 6.56. The SMILES string of the molecule is CC(=O)CCCCC[C@H](NC(=O)C1CCCN1C)C(=O)Nc1cc(Cl)cc(Cl)c1. The van der Waals surface area contributed by atoms with Crippen LogP contribution in [0.15, 0.2) is 18.2 Å². The molecule has 0 saturated carbocycles. The number of likely N-dealkylation sites (N-methyl/N-ethyl adjacent to an activating group) is 1. The van der Waals surface area contributed by atoms with E-state index >= 15 is 0 Å². The average molecular weight is 442 g/mol. The third-order valence-electron chi connectivity index (χ3n) is 5.11. The van der Waals surface area contributed by atoms with Crippen LogP contribution in [-0.4, -0.2) is 48.2 Å². The largest absolute Gasteiger partial charge is 0.343 e. The van der Waals surface area contributed by atoms with Crippen LogP contribution in [0.2, 0.25) is 10.0 Å². The third-order valence-corrected chi connectivity index (χ3v) is 5.54. The second kappa shape index (κ2) is 11.5. The normalized spacial score (nSPS) is 17.7. The van der Waals surface area contributed by atoms with Crippen LogP contribution in [0, 0.1) is 0 Å². The molecule has 0 radical (unpaired) electrons. The summed E-state index contributed by atoms with van der Waals surface area (Å²) in [5.41, 5.74) is 0.487. The quantitative estimate of drug-likeness (QED) is 0.536. The number of Topliss-reactive ketones (excluding diaryl/α,β-unsaturated/α-hetero) is 1. The number of unbranched alkanes of at least 4 members (excludes halogenated alkanes) is 2.